The van der Waals surface area contributed by atoms with Crippen LogP contribution < -0.4 is 5.56 Å². The number of nitrogens with zero attached hydrogens (tertiary/aromatic N) is 1. The summed E-state index contributed by atoms with van der Waals surface area (Å²) >= 11 is 1.64. The van der Waals surface area contributed by atoms with Gasteiger partial charge in [0.15, 0.2) is 0 Å². The SMILES string of the molecule is CCCCn1c(C)cc2oc(C)c(-c3cccs3)c2c1=O. The summed E-state index contributed by atoms with van der Waals surface area (Å²) in [6.45, 7) is 6.81. The van der Waals surface area contributed by atoms with Crippen LogP contribution >= 0.6 is 11.3 Å². The van der Waals surface area contributed by atoms with Crippen LogP contribution in [0.1, 0.15) is 31.2 Å². The number of rotatable bonds is 4. The third kappa shape index (κ3) is 2.33. The van der Waals surface area contributed by atoms with Gasteiger partial charge in [0.2, 0.25) is 0 Å². The Morgan fingerprint density at radius 3 is 2.81 bits per heavy atom. The van der Waals surface area contributed by atoms with Crippen molar-refractivity contribution in [1.82, 2.24) is 4.57 Å². The van der Waals surface area contributed by atoms with Gasteiger partial charge in [-0.3, -0.25) is 4.79 Å². The second kappa shape index (κ2) is 5.53. The molecule has 0 aromatic carbocycles. The van der Waals surface area contributed by atoms with E-state index in [2.05, 4.69) is 6.92 Å². The Kier molecular flexibility index (Phi) is 3.72. The van der Waals surface area contributed by atoms with Crippen molar-refractivity contribution in [3.63, 3.8) is 0 Å². The number of hydrogen-bond acceptors (Lipinski definition) is 3. The van der Waals surface area contributed by atoms with Crippen molar-refractivity contribution in [2.45, 2.75) is 40.2 Å². The van der Waals surface area contributed by atoms with Crippen molar-refractivity contribution >= 4 is 22.3 Å². The highest BCUT2D eigenvalue weighted by atomic mass is 32.1. The molecule has 0 N–H and O–H groups in total. The molecule has 110 valence electrons. The van der Waals surface area contributed by atoms with Crippen molar-refractivity contribution in [2.24, 2.45) is 0 Å². The molecule has 3 rings (SSSR count). The van der Waals surface area contributed by atoms with Gasteiger partial charge in [-0.2, -0.15) is 0 Å². The molecular weight excluding hydrogens is 282 g/mol. The minimum absolute atomic E-state index is 0.0682. The van der Waals surface area contributed by atoms with E-state index in [1.807, 2.05) is 42.0 Å². The van der Waals surface area contributed by atoms with Gasteiger partial charge in [0.25, 0.3) is 5.56 Å². The summed E-state index contributed by atoms with van der Waals surface area (Å²) in [5, 5.41) is 2.74. The molecule has 0 unspecified atom stereocenters. The third-order valence-electron chi connectivity index (χ3n) is 3.84. The Morgan fingerprint density at radius 1 is 1.33 bits per heavy atom. The Balaban J connectivity index is 2.30. The Bertz CT molecular complexity index is 825. The summed E-state index contributed by atoms with van der Waals surface area (Å²) in [4.78, 5) is 14.0. The smallest absolute Gasteiger partial charge is 0.262 e. The molecule has 3 nitrogen and oxygen atoms in total. The lowest BCUT2D eigenvalue weighted by Crippen LogP contribution is -2.22. The summed E-state index contributed by atoms with van der Waals surface area (Å²) in [7, 11) is 0. The van der Waals surface area contributed by atoms with Crippen LogP contribution in [0.25, 0.3) is 21.4 Å². The Labute approximate surface area is 127 Å². The van der Waals surface area contributed by atoms with Crippen LogP contribution in [0.2, 0.25) is 0 Å². The highest BCUT2D eigenvalue weighted by Crippen LogP contribution is 2.35. The zero-order valence-electron chi connectivity index (χ0n) is 12.6. The first-order valence-electron chi connectivity index (χ1n) is 7.31. The zero-order valence-corrected chi connectivity index (χ0v) is 13.4. The van der Waals surface area contributed by atoms with E-state index in [0.29, 0.717) is 5.58 Å². The fraction of sp³-hybridized carbons (Fsp3) is 0.353. The van der Waals surface area contributed by atoms with Crippen molar-refractivity contribution < 1.29 is 4.42 Å². The fourth-order valence-corrected chi connectivity index (χ4v) is 3.58. The maximum atomic E-state index is 12.9. The summed E-state index contributed by atoms with van der Waals surface area (Å²) < 4.78 is 7.71. The lowest BCUT2D eigenvalue weighted by atomic mass is 10.1. The molecule has 21 heavy (non-hydrogen) atoms. The van der Waals surface area contributed by atoms with Crippen molar-refractivity contribution in [1.29, 1.82) is 0 Å². The highest BCUT2D eigenvalue weighted by molar-refractivity contribution is 7.13. The number of thiophene rings is 1. The van der Waals surface area contributed by atoms with Gasteiger partial charge in [-0.1, -0.05) is 19.4 Å². The molecule has 0 amide bonds. The first-order chi connectivity index (χ1) is 10.1. The summed E-state index contributed by atoms with van der Waals surface area (Å²) in [6, 6.07) is 6.02. The molecule has 0 radical (unpaired) electrons. The van der Waals surface area contributed by atoms with E-state index < -0.39 is 0 Å². The molecule has 0 atom stereocenters. The second-order valence-corrected chi connectivity index (χ2v) is 6.29. The number of fused-ring (bicyclic) bond motifs is 1. The fourth-order valence-electron chi connectivity index (χ4n) is 2.75. The zero-order chi connectivity index (χ0) is 15.0. The average molecular weight is 301 g/mol. The van der Waals surface area contributed by atoms with Crippen LogP contribution in [-0.2, 0) is 6.54 Å². The average Bonchev–Trinajstić information content (AvgIpc) is 3.05. The number of aryl methyl sites for hydroxylation is 2. The molecule has 0 bridgehead atoms. The molecule has 3 heterocycles. The van der Waals surface area contributed by atoms with Crippen LogP contribution in [0.5, 0.6) is 0 Å². The molecule has 3 aromatic rings. The van der Waals surface area contributed by atoms with Crippen LogP contribution in [-0.4, -0.2) is 4.57 Å². The van der Waals surface area contributed by atoms with Gasteiger partial charge in [-0.05, 0) is 31.7 Å². The summed E-state index contributed by atoms with van der Waals surface area (Å²) in [5.41, 5.74) is 2.69. The van der Waals surface area contributed by atoms with Crippen molar-refractivity contribution in [3.8, 4) is 10.4 Å². The predicted octanol–water partition coefficient (Wildman–Crippen LogP) is 4.74. The number of unbranched alkanes of at least 4 members (excludes halogenated alkanes) is 1. The van der Waals surface area contributed by atoms with Crippen LogP contribution in [0.15, 0.2) is 32.8 Å². The summed E-state index contributed by atoms with van der Waals surface area (Å²) in [6.07, 6.45) is 2.09. The number of pyridine rings is 1. The van der Waals surface area contributed by atoms with Gasteiger partial charge >= 0.3 is 0 Å². The maximum Gasteiger partial charge on any atom is 0.262 e. The normalized spacial score (nSPS) is 11.4. The van der Waals surface area contributed by atoms with E-state index in [4.69, 9.17) is 4.42 Å². The quantitative estimate of drug-likeness (QED) is 0.697. The molecule has 0 saturated carbocycles. The first-order valence-corrected chi connectivity index (χ1v) is 8.19. The van der Waals surface area contributed by atoms with E-state index in [1.165, 1.54) is 0 Å². The van der Waals surface area contributed by atoms with Gasteiger partial charge in [-0.15, -0.1) is 11.3 Å². The van der Waals surface area contributed by atoms with Gasteiger partial charge in [-0.25, -0.2) is 0 Å². The molecule has 0 aliphatic rings. The van der Waals surface area contributed by atoms with E-state index in [0.717, 1.165) is 46.7 Å². The molecule has 4 heteroatoms. The Morgan fingerprint density at radius 2 is 2.14 bits per heavy atom. The lowest BCUT2D eigenvalue weighted by Gasteiger charge is -2.09. The second-order valence-electron chi connectivity index (χ2n) is 5.35. The van der Waals surface area contributed by atoms with Crippen LogP contribution in [0.4, 0.5) is 0 Å². The van der Waals surface area contributed by atoms with Gasteiger partial charge in [0.05, 0.1) is 5.39 Å². The van der Waals surface area contributed by atoms with Gasteiger partial charge in [0, 0.05) is 28.7 Å². The largest absolute Gasteiger partial charge is 0.460 e. The monoisotopic (exact) mass is 301 g/mol. The maximum absolute atomic E-state index is 12.9. The Hall–Kier alpha value is -1.81. The number of furan rings is 1. The summed E-state index contributed by atoms with van der Waals surface area (Å²) in [5.74, 6) is 0.817. The van der Waals surface area contributed by atoms with Crippen molar-refractivity contribution in [3.05, 3.63) is 45.4 Å². The third-order valence-corrected chi connectivity index (χ3v) is 4.73. The standard InChI is InChI=1S/C17H19NO2S/c1-4-5-8-18-11(2)10-13-16(17(18)19)15(12(3)20-13)14-7-6-9-21-14/h6-7,9-10H,4-5,8H2,1-3H3. The molecule has 0 fully saturated rings. The van der Waals surface area contributed by atoms with Crippen molar-refractivity contribution in [2.75, 3.05) is 0 Å². The number of aromatic nitrogens is 1. The van der Waals surface area contributed by atoms with E-state index in [1.54, 1.807) is 11.3 Å². The molecule has 0 aliphatic heterocycles. The van der Waals surface area contributed by atoms with Gasteiger partial charge in [0.1, 0.15) is 11.3 Å². The van der Waals surface area contributed by atoms with E-state index in [9.17, 15) is 4.79 Å². The van der Waals surface area contributed by atoms with Crippen LogP contribution in [0.3, 0.4) is 0 Å². The van der Waals surface area contributed by atoms with E-state index >= 15 is 0 Å². The minimum atomic E-state index is 0.0682. The number of hydrogen-bond donors (Lipinski definition) is 0. The predicted molar refractivity (Wildman–Crippen MR) is 88.2 cm³/mol. The molecule has 0 saturated heterocycles. The molecule has 0 spiro atoms. The highest BCUT2D eigenvalue weighted by Gasteiger charge is 2.19. The van der Waals surface area contributed by atoms with E-state index in [-0.39, 0.29) is 5.56 Å². The molecule has 0 aliphatic carbocycles. The first kappa shape index (κ1) is 14.1. The van der Waals surface area contributed by atoms with Gasteiger partial charge < -0.3 is 8.98 Å². The molecular formula is C17H19NO2S. The van der Waals surface area contributed by atoms with Crippen LogP contribution in [0, 0.1) is 13.8 Å². The lowest BCUT2D eigenvalue weighted by molar-refractivity contribution is 0.572. The minimum Gasteiger partial charge on any atom is -0.460 e. The molecule has 3 aromatic heterocycles. The topological polar surface area (TPSA) is 35.1 Å².